The van der Waals surface area contributed by atoms with Crippen LogP contribution in [-0.2, 0) is 0 Å². The molecule has 3 N–H and O–H groups in total. The van der Waals surface area contributed by atoms with Crippen LogP contribution >= 0.6 is 0 Å². The van der Waals surface area contributed by atoms with Crippen molar-refractivity contribution in [3.05, 3.63) is 60.4 Å². The third kappa shape index (κ3) is 2.12. The van der Waals surface area contributed by atoms with Crippen LogP contribution in [0.2, 0.25) is 0 Å². The maximum atomic E-state index is 9.04. The quantitative estimate of drug-likeness (QED) is 0.750. The zero-order valence-electron chi connectivity index (χ0n) is 10.4. The highest BCUT2D eigenvalue weighted by Crippen LogP contribution is 2.19. The molecule has 1 atom stereocenters. The molecular weight excluding hydrogens is 238 g/mol. The molecule has 3 rings (SSSR count). The smallest absolute Gasteiger partial charge is 0.100 e. The van der Waals surface area contributed by atoms with Gasteiger partial charge in [-0.2, -0.15) is 0 Å². The summed E-state index contributed by atoms with van der Waals surface area (Å²) in [7, 11) is 0. The van der Waals surface area contributed by atoms with Crippen molar-refractivity contribution in [1.29, 1.82) is 0 Å². The number of aliphatic hydroxyl groups excluding tert-OH is 1. The lowest BCUT2D eigenvalue weighted by Gasteiger charge is -2.10. The van der Waals surface area contributed by atoms with Gasteiger partial charge in [-0.05, 0) is 29.8 Å². The van der Waals surface area contributed by atoms with Gasteiger partial charge in [-0.1, -0.05) is 24.3 Å². The van der Waals surface area contributed by atoms with Crippen LogP contribution in [0, 0.1) is 0 Å². The Kier molecular flexibility index (Phi) is 3.03. The van der Waals surface area contributed by atoms with Gasteiger partial charge in [-0.15, -0.1) is 0 Å². The number of nitrogens with zero attached hydrogens (tertiary/aromatic N) is 2. The number of fused-ring (bicyclic) bond motifs is 1. The molecule has 19 heavy (non-hydrogen) atoms. The van der Waals surface area contributed by atoms with E-state index in [0.29, 0.717) is 0 Å². The van der Waals surface area contributed by atoms with Crippen LogP contribution in [0.15, 0.2) is 54.9 Å². The molecule has 0 aliphatic carbocycles. The van der Waals surface area contributed by atoms with Crippen LogP contribution in [-0.4, -0.2) is 21.3 Å². The summed E-state index contributed by atoms with van der Waals surface area (Å²) in [6, 6.07) is 15.5. The van der Waals surface area contributed by atoms with E-state index in [1.54, 1.807) is 0 Å². The van der Waals surface area contributed by atoms with Crippen molar-refractivity contribution in [3.8, 4) is 5.69 Å². The monoisotopic (exact) mass is 253 g/mol. The van der Waals surface area contributed by atoms with Crippen molar-refractivity contribution in [1.82, 2.24) is 9.55 Å². The largest absolute Gasteiger partial charge is 0.394 e. The van der Waals surface area contributed by atoms with Gasteiger partial charge < -0.3 is 10.8 Å². The molecule has 96 valence electrons. The number of benzene rings is 2. The number of aromatic nitrogens is 2. The summed E-state index contributed by atoms with van der Waals surface area (Å²) in [6.07, 6.45) is 1.81. The van der Waals surface area contributed by atoms with Crippen molar-refractivity contribution < 1.29 is 5.11 Å². The molecule has 3 aromatic rings. The summed E-state index contributed by atoms with van der Waals surface area (Å²) in [5.74, 6) is 0. The number of hydrogen-bond acceptors (Lipinski definition) is 3. The zero-order chi connectivity index (χ0) is 13.2. The Morgan fingerprint density at radius 2 is 1.84 bits per heavy atom. The van der Waals surface area contributed by atoms with Gasteiger partial charge in [0.2, 0.25) is 0 Å². The fourth-order valence-electron chi connectivity index (χ4n) is 2.15. The van der Waals surface area contributed by atoms with Crippen LogP contribution in [0.5, 0.6) is 0 Å². The lowest BCUT2D eigenvalue weighted by atomic mass is 10.1. The normalized spacial score (nSPS) is 12.7. The Morgan fingerprint density at radius 3 is 2.58 bits per heavy atom. The second kappa shape index (κ2) is 4.84. The number of nitrogens with two attached hydrogens (primary N) is 1. The predicted molar refractivity (Wildman–Crippen MR) is 75.1 cm³/mol. The van der Waals surface area contributed by atoms with Gasteiger partial charge in [0.05, 0.1) is 23.7 Å². The molecule has 0 fully saturated rings. The zero-order valence-corrected chi connectivity index (χ0v) is 10.4. The van der Waals surface area contributed by atoms with E-state index >= 15 is 0 Å². The van der Waals surface area contributed by atoms with Gasteiger partial charge in [-0.3, -0.25) is 4.57 Å². The van der Waals surface area contributed by atoms with Crippen LogP contribution in [0.1, 0.15) is 11.6 Å². The summed E-state index contributed by atoms with van der Waals surface area (Å²) >= 11 is 0. The molecule has 0 aliphatic rings. The molecular formula is C15H15N3O. The Balaban J connectivity index is 2.02. The lowest BCUT2D eigenvalue weighted by molar-refractivity contribution is 0.268. The van der Waals surface area contributed by atoms with Crippen molar-refractivity contribution in [2.45, 2.75) is 6.04 Å². The van der Waals surface area contributed by atoms with Crippen LogP contribution in [0.3, 0.4) is 0 Å². The summed E-state index contributed by atoms with van der Waals surface area (Å²) in [4.78, 5) is 4.37. The molecule has 1 heterocycles. The Bertz CT molecular complexity index is 688. The van der Waals surface area contributed by atoms with Gasteiger partial charge in [0.15, 0.2) is 0 Å². The van der Waals surface area contributed by atoms with Crippen molar-refractivity contribution in [2.24, 2.45) is 5.73 Å². The summed E-state index contributed by atoms with van der Waals surface area (Å²) in [5.41, 5.74) is 9.78. The van der Waals surface area contributed by atoms with E-state index in [9.17, 15) is 0 Å². The number of para-hydroxylation sites is 2. The SMILES string of the molecule is N[C@@H](CO)c1ccc(-n2cnc3ccccc32)cc1. The second-order valence-corrected chi connectivity index (χ2v) is 4.48. The first kappa shape index (κ1) is 11.9. The summed E-state index contributed by atoms with van der Waals surface area (Å²) in [5, 5.41) is 9.04. The summed E-state index contributed by atoms with van der Waals surface area (Å²) in [6.45, 7) is -0.0483. The number of aliphatic hydroxyl groups is 1. The van der Waals surface area contributed by atoms with E-state index in [-0.39, 0.29) is 12.6 Å². The minimum atomic E-state index is -0.325. The highest BCUT2D eigenvalue weighted by Gasteiger charge is 2.06. The lowest BCUT2D eigenvalue weighted by Crippen LogP contribution is -2.14. The molecule has 0 saturated heterocycles. The van der Waals surface area contributed by atoms with Crippen LogP contribution < -0.4 is 5.73 Å². The number of imidazole rings is 1. The fourth-order valence-corrected chi connectivity index (χ4v) is 2.15. The minimum absolute atomic E-state index is 0.0483. The Hall–Kier alpha value is -2.17. The average Bonchev–Trinajstić information content (AvgIpc) is 2.90. The van der Waals surface area contributed by atoms with Crippen molar-refractivity contribution in [3.63, 3.8) is 0 Å². The first-order chi connectivity index (χ1) is 9.29. The predicted octanol–water partition coefficient (Wildman–Crippen LogP) is 2.02. The molecule has 0 saturated carbocycles. The first-order valence-electron chi connectivity index (χ1n) is 6.18. The van der Waals surface area contributed by atoms with Gasteiger partial charge >= 0.3 is 0 Å². The van der Waals surface area contributed by atoms with Crippen molar-refractivity contribution in [2.75, 3.05) is 6.61 Å². The fraction of sp³-hybridized carbons (Fsp3) is 0.133. The molecule has 0 unspecified atom stereocenters. The minimum Gasteiger partial charge on any atom is -0.394 e. The number of rotatable bonds is 3. The molecule has 0 bridgehead atoms. The molecule has 1 aromatic heterocycles. The third-order valence-electron chi connectivity index (χ3n) is 3.25. The van der Waals surface area contributed by atoms with E-state index in [0.717, 1.165) is 22.3 Å². The molecule has 0 aliphatic heterocycles. The van der Waals surface area contributed by atoms with E-state index in [2.05, 4.69) is 4.98 Å². The third-order valence-corrected chi connectivity index (χ3v) is 3.25. The highest BCUT2D eigenvalue weighted by molar-refractivity contribution is 5.77. The van der Waals surface area contributed by atoms with Crippen molar-refractivity contribution >= 4 is 11.0 Å². The molecule has 0 radical (unpaired) electrons. The Morgan fingerprint density at radius 1 is 1.11 bits per heavy atom. The first-order valence-corrected chi connectivity index (χ1v) is 6.18. The Labute approximate surface area is 111 Å². The van der Waals surface area contributed by atoms with Crippen LogP contribution in [0.25, 0.3) is 16.7 Å². The molecule has 0 amide bonds. The van der Waals surface area contributed by atoms with E-state index in [1.807, 2.05) is 59.4 Å². The molecule has 4 nitrogen and oxygen atoms in total. The van der Waals surface area contributed by atoms with Crippen LogP contribution in [0.4, 0.5) is 0 Å². The standard InChI is InChI=1S/C15H15N3O/c16-13(9-19)11-5-7-12(8-6-11)18-10-17-14-3-1-2-4-15(14)18/h1-8,10,13,19H,9,16H2/t13-/m0/s1. The maximum Gasteiger partial charge on any atom is 0.100 e. The van der Waals surface area contributed by atoms with E-state index in [1.165, 1.54) is 0 Å². The molecule has 0 spiro atoms. The average molecular weight is 253 g/mol. The summed E-state index contributed by atoms with van der Waals surface area (Å²) < 4.78 is 2.03. The van der Waals surface area contributed by atoms with Gasteiger partial charge in [0.1, 0.15) is 6.33 Å². The molecule has 2 aromatic carbocycles. The van der Waals surface area contributed by atoms with Gasteiger partial charge in [-0.25, -0.2) is 4.98 Å². The number of hydrogen-bond donors (Lipinski definition) is 2. The van der Waals surface area contributed by atoms with Gasteiger partial charge in [0.25, 0.3) is 0 Å². The van der Waals surface area contributed by atoms with E-state index in [4.69, 9.17) is 10.8 Å². The second-order valence-electron chi connectivity index (χ2n) is 4.48. The maximum absolute atomic E-state index is 9.04. The topological polar surface area (TPSA) is 64.1 Å². The van der Waals surface area contributed by atoms with E-state index < -0.39 is 0 Å². The molecule has 4 heteroatoms. The van der Waals surface area contributed by atoms with Gasteiger partial charge in [0, 0.05) is 5.69 Å². The highest BCUT2D eigenvalue weighted by atomic mass is 16.3.